The van der Waals surface area contributed by atoms with Gasteiger partial charge in [-0.3, -0.25) is 9.69 Å². The molecule has 0 aliphatic carbocycles. The Hall–Kier alpha value is -2.67. The van der Waals surface area contributed by atoms with E-state index in [1.807, 2.05) is 43.3 Å². The molecule has 0 radical (unpaired) electrons. The van der Waals surface area contributed by atoms with E-state index in [0.717, 1.165) is 16.8 Å². The van der Waals surface area contributed by atoms with Crippen molar-refractivity contribution in [2.45, 2.75) is 13.5 Å². The Balaban J connectivity index is 1.54. The van der Waals surface area contributed by atoms with E-state index in [1.165, 1.54) is 17.8 Å². The number of carbonyl (C=O) groups is 1. The number of halogens is 2. The van der Waals surface area contributed by atoms with Crippen LogP contribution in [-0.2, 0) is 11.4 Å². The molecule has 1 amide bonds. The van der Waals surface area contributed by atoms with Crippen molar-refractivity contribution in [1.29, 1.82) is 0 Å². The van der Waals surface area contributed by atoms with Gasteiger partial charge in [-0.25, -0.2) is 4.39 Å². The highest BCUT2D eigenvalue weighted by atomic mass is 35.5. The summed E-state index contributed by atoms with van der Waals surface area (Å²) in [6, 6.07) is 19.4. The fourth-order valence-corrected chi connectivity index (χ4v) is 4.66. The molecule has 0 saturated carbocycles. The predicted molar refractivity (Wildman–Crippen MR) is 129 cm³/mol. The van der Waals surface area contributed by atoms with Crippen molar-refractivity contribution in [1.82, 2.24) is 0 Å². The number of aryl methyl sites for hydroxylation is 1. The van der Waals surface area contributed by atoms with Crippen LogP contribution in [0.25, 0.3) is 6.08 Å². The lowest BCUT2D eigenvalue weighted by molar-refractivity contribution is -0.113. The second-order valence-corrected chi connectivity index (χ2v) is 8.95. The third-order valence-electron chi connectivity index (χ3n) is 4.75. The van der Waals surface area contributed by atoms with Gasteiger partial charge >= 0.3 is 0 Å². The van der Waals surface area contributed by atoms with E-state index >= 15 is 0 Å². The van der Waals surface area contributed by atoms with Gasteiger partial charge in [0.15, 0.2) is 4.32 Å². The van der Waals surface area contributed by atoms with E-state index in [4.69, 9.17) is 28.6 Å². The van der Waals surface area contributed by atoms with Crippen molar-refractivity contribution in [3.63, 3.8) is 0 Å². The number of benzene rings is 3. The third kappa shape index (κ3) is 4.66. The van der Waals surface area contributed by atoms with E-state index in [0.29, 0.717) is 25.6 Å². The van der Waals surface area contributed by atoms with Crippen molar-refractivity contribution in [2.75, 3.05) is 4.90 Å². The average molecular weight is 470 g/mol. The average Bonchev–Trinajstić information content (AvgIpc) is 3.01. The largest absolute Gasteiger partial charge is 0.489 e. The first kappa shape index (κ1) is 21.6. The van der Waals surface area contributed by atoms with Crippen molar-refractivity contribution in [3.8, 4) is 5.75 Å². The normalized spacial score (nSPS) is 15.1. The Labute approximate surface area is 194 Å². The Morgan fingerprint density at radius 1 is 1.13 bits per heavy atom. The fourth-order valence-electron chi connectivity index (χ4n) is 3.16. The first-order chi connectivity index (χ1) is 14.9. The second-order valence-electron chi connectivity index (χ2n) is 6.86. The third-order valence-corrected chi connectivity index (χ3v) is 6.41. The monoisotopic (exact) mass is 469 g/mol. The zero-order valence-corrected chi connectivity index (χ0v) is 18.9. The standard InChI is InChI=1S/C24H17ClFNO2S2/c1-15-6-2-3-11-21(15)27-23(28)22(31-24(27)30)13-16-7-4-8-17(12-16)29-14-18-19(25)9-5-10-20(18)26/h2-13H,14H2,1H3/b22-13+. The quantitative estimate of drug-likeness (QED) is 0.304. The lowest BCUT2D eigenvalue weighted by Crippen LogP contribution is -2.28. The molecule has 3 aromatic carbocycles. The highest BCUT2D eigenvalue weighted by Gasteiger charge is 2.33. The van der Waals surface area contributed by atoms with Crippen molar-refractivity contribution in [2.24, 2.45) is 0 Å². The minimum absolute atomic E-state index is 0.00433. The molecule has 0 bridgehead atoms. The maximum Gasteiger partial charge on any atom is 0.270 e. The van der Waals surface area contributed by atoms with E-state index < -0.39 is 5.82 Å². The summed E-state index contributed by atoms with van der Waals surface area (Å²) in [5.41, 5.74) is 2.84. The zero-order valence-electron chi connectivity index (χ0n) is 16.5. The van der Waals surface area contributed by atoms with Crippen LogP contribution in [0.1, 0.15) is 16.7 Å². The van der Waals surface area contributed by atoms with Crippen molar-refractivity contribution < 1.29 is 13.9 Å². The molecule has 0 atom stereocenters. The highest BCUT2D eigenvalue weighted by molar-refractivity contribution is 8.27. The van der Waals surface area contributed by atoms with Crippen LogP contribution >= 0.6 is 35.6 Å². The van der Waals surface area contributed by atoms with Gasteiger partial charge in [0.25, 0.3) is 5.91 Å². The summed E-state index contributed by atoms with van der Waals surface area (Å²) < 4.78 is 20.2. The van der Waals surface area contributed by atoms with Crippen LogP contribution in [0.15, 0.2) is 71.6 Å². The molecule has 31 heavy (non-hydrogen) atoms. The first-order valence-electron chi connectivity index (χ1n) is 9.43. The Morgan fingerprint density at radius 2 is 1.90 bits per heavy atom. The lowest BCUT2D eigenvalue weighted by atomic mass is 10.1. The van der Waals surface area contributed by atoms with Crippen LogP contribution in [0.2, 0.25) is 5.02 Å². The number of hydrogen-bond donors (Lipinski definition) is 0. The number of nitrogens with zero attached hydrogens (tertiary/aromatic N) is 1. The van der Waals surface area contributed by atoms with Gasteiger partial charge in [0.05, 0.1) is 15.6 Å². The number of rotatable bonds is 5. The molecule has 3 aromatic rings. The lowest BCUT2D eigenvalue weighted by Gasteiger charge is -2.16. The summed E-state index contributed by atoms with van der Waals surface area (Å²) in [6.45, 7) is 1.95. The number of anilines is 1. The first-order valence-corrected chi connectivity index (χ1v) is 11.0. The van der Waals surface area contributed by atoms with Crippen LogP contribution < -0.4 is 9.64 Å². The number of thiocarbonyl (C=S) groups is 1. The molecule has 156 valence electrons. The smallest absolute Gasteiger partial charge is 0.270 e. The van der Waals surface area contributed by atoms with Gasteiger partial charge in [0, 0.05) is 5.56 Å². The minimum atomic E-state index is -0.413. The summed E-state index contributed by atoms with van der Waals surface area (Å²) in [4.78, 5) is 15.1. The van der Waals surface area contributed by atoms with Gasteiger partial charge in [0.2, 0.25) is 0 Å². The van der Waals surface area contributed by atoms with E-state index in [2.05, 4.69) is 0 Å². The summed E-state index contributed by atoms with van der Waals surface area (Å²) in [5.74, 6) is -0.0280. The second kappa shape index (κ2) is 9.22. The number of hydrogen-bond acceptors (Lipinski definition) is 4. The number of thioether (sulfide) groups is 1. The molecule has 0 unspecified atom stereocenters. The molecule has 1 heterocycles. The Kier molecular flexibility index (Phi) is 6.41. The summed E-state index contributed by atoms with van der Waals surface area (Å²) in [6.07, 6.45) is 1.78. The number of amides is 1. The molecule has 1 saturated heterocycles. The molecular weight excluding hydrogens is 453 g/mol. The van der Waals surface area contributed by atoms with Crippen LogP contribution in [-0.4, -0.2) is 10.2 Å². The molecule has 4 rings (SSSR count). The maximum absolute atomic E-state index is 14.0. The zero-order chi connectivity index (χ0) is 22.0. The SMILES string of the molecule is Cc1ccccc1N1C(=O)/C(=C\c2cccc(OCc3c(F)cccc3Cl)c2)SC1=S. The number of para-hydroxylation sites is 1. The molecule has 0 aromatic heterocycles. The van der Waals surface area contributed by atoms with Gasteiger partial charge in [-0.15, -0.1) is 0 Å². The minimum Gasteiger partial charge on any atom is -0.489 e. The fraction of sp³-hybridized carbons (Fsp3) is 0.0833. The molecule has 1 aliphatic rings. The maximum atomic E-state index is 14.0. The molecule has 7 heteroatoms. The van der Waals surface area contributed by atoms with Crippen molar-refractivity contribution in [3.05, 3.63) is 99.2 Å². The number of ether oxygens (including phenoxy) is 1. The highest BCUT2D eigenvalue weighted by Crippen LogP contribution is 2.37. The predicted octanol–water partition coefficient (Wildman–Crippen LogP) is 6.77. The molecule has 0 N–H and O–H groups in total. The van der Waals surface area contributed by atoms with E-state index in [-0.39, 0.29) is 12.5 Å². The molecule has 0 spiro atoms. The number of carbonyl (C=O) groups excluding carboxylic acids is 1. The summed E-state index contributed by atoms with van der Waals surface area (Å²) in [7, 11) is 0. The van der Waals surface area contributed by atoms with Crippen LogP contribution in [0, 0.1) is 12.7 Å². The topological polar surface area (TPSA) is 29.5 Å². The molecule has 1 fully saturated rings. The van der Waals surface area contributed by atoms with Crippen LogP contribution in [0.5, 0.6) is 5.75 Å². The van der Waals surface area contributed by atoms with Crippen LogP contribution in [0.4, 0.5) is 10.1 Å². The van der Waals surface area contributed by atoms with Gasteiger partial charge < -0.3 is 4.74 Å². The van der Waals surface area contributed by atoms with E-state index in [1.54, 1.807) is 35.2 Å². The van der Waals surface area contributed by atoms with E-state index in [9.17, 15) is 9.18 Å². The molecular formula is C24H17ClFNO2S2. The van der Waals surface area contributed by atoms with Gasteiger partial charge in [-0.1, -0.05) is 72.0 Å². The Morgan fingerprint density at radius 3 is 2.68 bits per heavy atom. The van der Waals surface area contributed by atoms with Gasteiger partial charge in [0.1, 0.15) is 18.2 Å². The van der Waals surface area contributed by atoms with Crippen LogP contribution in [0.3, 0.4) is 0 Å². The summed E-state index contributed by atoms with van der Waals surface area (Å²) >= 11 is 12.8. The van der Waals surface area contributed by atoms with Gasteiger partial charge in [-0.05, 0) is 54.5 Å². The molecule has 1 aliphatic heterocycles. The van der Waals surface area contributed by atoms with Gasteiger partial charge in [-0.2, -0.15) is 0 Å². The molecule has 3 nitrogen and oxygen atoms in total. The summed E-state index contributed by atoms with van der Waals surface area (Å²) in [5, 5.41) is 0.316. The Bertz CT molecular complexity index is 1190. The van der Waals surface area contributed by atoms with Crippen molar-refractivity contribution >= 4 is 57.6 Å².